The van der Waals surface area contributed by atoms with Crippen molar-refractivity contribution in [2.75, 3.05) is 0 Å². The van der Waals surface area contributed by atoms with Crippen LogP contribution in [0.3, 0.4) is 0 Å². The first-order valence-corrected chi connectivity index (χ1v) is 26.9. The zero-order chi connectivity index (χ0) is 46.9. The molecule has 0 aliphatic carbocycles. The van der Waals surface area contributed by atoms with Crippen molar-refractivity contribution in [3.63, 3.8) is 0 Å². The Morgan fingerprint density at radius 2 is 0.254 bits per heavy atom. The van der Waals surface area contributed by atoms with Crippen LogP contribution in [0.5, 0.6) is 0 Å². The molecule has 0 saturated heterocycles. The third kappa shape index (κ3) is 17.1. The van der Waals surface area contributed by atoms with Crippen LogP contribution in [0.4, 0.5) is 0 Å². The van der Waals surface area contributed by atoms with Gasteiger partial charge in [-0.15, -0.1) is 0 Å². The zero-order valence-corrected chi connectivity index (χ0v) is 46.9. The van der Waals surface area contributed by atoms with E-state index in [0.717, 1.165) is 0 Å². The maximum atomic E-state index is 2.75. The topological polar surface area (TPSA) is 0 Å². The van der Waals surface area contributed by atoms with Gasteiger partial charge in [0.15, 0.2) is 0 Å². The van der Waals surface area contributed by atoms with Crippen LogP contribution in [-0.2, 0) is 0 Å². The monoisotopic (exact) mass is 711 g/mol. The van der Waals surface area contributed by atoms with Crippen LogP contribution in [0.1, 0.15) is 0 Å². The third-order valence-electron chi connectivity index (χ3n) is 17.4. The molecule has 0 unspecified atom stereocenters. The van der Waals surface area contributed by atoms with Crippen molar-refractivity contribution in [2.24, 2.45) is 0 Å². The molecule has 0 amide bonds. The first-order valence-electron chi connectivity index (χ1n) is 26.9. The minimum atomic E-state index is 0.633. The highest BCUT2D eigenvalue weighted by atomic mass is 13.4. The largest absolute Gasteiger partial charge is 0.0594 e. The lowest BCUT2D eigenvalue weighted by molar-refractivity contribution is 3.17. The van der Waals surface area contributed by atoms with E-state index < -0.39 is 0 Å². The summed E-state index contributed by atoms with van der Waals surface area (Å²) in [6.45, 7) is 0. The third-order valence-corrected chi connectivity index (χ3v) is 17.4. The predicted octanol–water partition coefficient (Wildman–Crippen LogP) is -38.8. The molecule has 0 heterocycles. The maximum Gasteiger partial charge on any atom is 0.0594 e. The Balaban J connectivity index is 10.5. The van der Waals surface area contributed by atoms with Crippen molar-refractivity contribution in [3.05, 3.63) is 0 Å². The van der Waals surface area contributed by atoms with Crippen LogP contribution >= 0.6 is 0 Å². The first-order chi connectivity index (χ1) is 26.9. The Hall–Kier alpha value is 3.83. The maximum absolute atomic E-state index is 2.75. The molecule has 0 atom stereocenters. The Bertz CT molecular complexity index is 902. The fourth-order valence-corrected chi connectivity index (χ4v) is 16.7. The molecular formula is H61B59. The average Bonchev–Trinajstić information content (AvgIpc) is 3.02. The number of rotatable bonds is 28. The molecule has 0 bridgehead atoms. The fourth-order valence-electron chi connectivity index (χ4n) is 16.7. The van der Waals surface area contributed by atoms with Gasteiger partial charge in [0.1, 0.15) is 0 Å². The van der Waals surface area contributed by atoms with Gasteiger partial charge in [-0.05, 0) is 0 Å². The van der Waals surface area contributed by atoms with Crippen molar-refractivity contribution in [1.82, 2.24) is 0 Å². The molecule has 0 fully saturated rings. The lowest BCUT2D eigenvalue weighted by Gasteiger charge is -2.58. The molecular weight excluding hydrogens is 638 g/mol. The van der Waals surface area contributed by atoms with E-state index in [-0.39, 0.29) is 0 Å². The van der Waals surface area contributed by atoms with Gasteiger partial charge in [-0.3, -0.25) is 0 Å². The van der Waals surface area contributed by atoms with E-state index in [0.29, 0.717) is 179 Å². The molecule has 0 aromatic heterocycles. The molecule has 0 saturated carbocycles. The van der Waals surface area contributed by atoms with E-state index in [1.54, 1.807) is 0 Å². The van der Waals surface area contributed by atoms with Gasteiger partial charge < -0.3 is 0 Å². The van der Waals surface area contributed by atoms with Gasteiger partial charge in [-0.1, -0.05) is 0 Å². The second-order valence-corrected chi connectivity index (χ2v) is 26.3. The zero-order valence-electron chi connectivity index (χ0n) is 46.9. The van der Waals surface area contributed by atoms with Gasteiger partial charge in [0.05, 0.1) is 232 Å². The summed E-state index contributed by atoms with van der Waals surface area (Å²) in [4.78, 5) is 0. The van der Waals surface area contributed by atoms with Crippen LogP contribution in [-0.4, -0.2) is 418 Å². The highest BCUT2D eigenvalue weighted by Gasteiger charge is 2.63. The molecule has 0 aromatic carbocycles. The lowest BCUT2D eigenvalue weighted by atomic mass is 8.23. The molecule has 0 aliphatic rings. The second kappa shape index (κ2) is 29.0. The standard InChI is InChI=1S/B59H61/c1-31-46(30)54(47(32(2)3)33(4)5)58(55(48(34(6)7)35(8)9)49(36(10)11)37(12)13)59(56(50(38(14)15)39(16)17)51(40(18)19)41(20)21)57(52(42(22)23)43(24)25)53(44(26)27)45(28)29/h31H,1-30H2. The minimum Gasteiger partial charge on any atom is 0.00000794 e. The summed E-state index contributed by atoms with van der Waals surface area (Å²) in [7, 11) is 80.6. The van der Waals surface area contributed by atoms with E-state index in [2.05, 4.69) is 232 Å². The molecule has 59 heavy (non-hydrogen) atoms. The van der Waals surface area contributed by atoms with Crippen LogP contribution < -0.4 is 0 Å². The summed E-state index contributed by atoms with van der Waals surface area (Å²) in [6, 6.07) is 0. The molecule has 59 heteroatoms. The van der Waals surface area contributed by atoms with Crippen LogP contribution in [0.15, 0.2) is 0 Å². The van der Waals surface area contributed by atoms with Crippen LogP contribution in [0.2, 0.25) is 0 Å². The minimum absolute atomic E-state index is 0.633. The van der Waals surface area contributed by atoms with Gasteiger partial charge >= 0.3 is 0 Å². The molecule has 0 nitrogen and oxygen atoms in total. The number of hydrogen-bond donors (Lipinski definition) is 0. The Labute approximate surface area is 414 Å². The van der Waals surface area contributed by atoms with E-state index in [1.807, 2.05) is 0 Å². The van der Waals surface area contributed by atoms with E-state index in [4.69, 9.17) is 0 Å². The summed E-state index contributed by atoms with van der Waals surface area (Å²) in [5.41, 5.74) is 0. The quantitative estimate of drug-likeness (QED) is 0.0714. The summed E-state index contributed by atoms with van der Waals surface area (Å²) >= 11 is 0. The van der Waals surface area contributed by atoms with E-state index in [9.17, 15) is 0 Å². The number of hydrogen-bond acceptors (Lipinski definition) is 0. The molecule has 0 N–H and O–H groups in total. The van der Waals surface area contributed by atoms with Crippen molar-refractivity contribution >= 4 is 418 Å². The van der Waals surface area contributed by atoms with Crippen molar-refractivity contribution < 1.29 is 0 Å². The molecule has 0 radical (unpaired) electrons. The lowest BCUT2D eigenvalue weighted by Crippen LogP contribution is -2.97. The SMILES string of the molecule is BBB(B)B(B(B(B)B)B(B)B)B(B(B(B(B)B)B(B)B)B(B(B)B)B(B)B)B(B(B(B(B)B)B(B)B)B(B(B)B)B(B)B)B(B(B(B)B)B(B)B)B(B(B)B)B(B)B. The van der Waals surface area contributed by atoms with Crippen LogP contribution in [0.25, 0.3) is 0 Å². The Morgan fingerprint density at radius 1 is 0.153 bits per heavy atom. The molecule has 0 rings (SSSR count). The van der Waals surface area contributed by atoms with Crippen molar-refractivity contribution in [1.29, 1.82) is 0 Å². The van der Waals surface area contributed by atoms with Crippen molar-refractivity contribution in [3.8, 4) is 0 Å². The van der Waals surface area contributed by atoms with Gasteiger partial charge in [0, 0.05) is 186 Å². The summed E-state index contributed by atoms with van der Waals surface area (Å²) in [6.07, 6.45) is 18.3. The molecule has 0 spiro atoms. The predicted molar refractivity (Wildman–Crippen MR) is 425 cm³/mol. The first kappa shape index (κ1) is 62.8. The summed E-state index contributed by atoms with van der Waals surface area (Å²) in [5.74, 6) is 0. The van der Waals surface area contributed by atoms with Gasteiger partial charge in [-0.2, -0.15) is 0 Å². The van der Waals surface area contributed by atoms with Crippen molar-refractivity contribution in [2.45, 2.75) is 0 Å². The van der Waals surface area contributed by atoms with Crippen LogP contribution in [0, 0.1) is 0 Å². The molecule has 0 aromatic rings. The van der Waals surface area contributed by atoms with Gasteiger partial charge in [0.25, 0.3) is 0 Å². The normalized spacial score (nSPS) is 9.69. The smallest absolute Gasteiger partial charge is 0.00000794 e. The fraction of sp³-hybridized carbons (Fsp3) is 0. The molecule has 0 aliphatic heterocycles. The van der Waals surface area contributed by atoms with Gasteiger partial charge in [-0.25, -0.2) is 0 Å². The summed E-state index contributed by atoms with van der Waals surface area (Å²) in [5, 5.41) is 0. The average molecular weight is 699 g/mol. The van der Waals surface area contributed by atoms with E-state index in [1.165, 1.54) is 7.06 Å². The van der Waals surface area contributed by atoms with E-state index >= 15 is 0 Å². The highest BCUT2D eigenvalue weighted by Crippen LogP contribution is 2.24. The Kier molecular flexibility index (Phi) is 30.9. The summed E-state index contributed by atoms with van der Waals surface area (Å²) < 4.78 is 0. The molecule has 238 valence electrons. The van der Waals surface area contributed by atoms with Gasteiger partial charge in [0.2, 0.25) is 0 Å². The highest BCUT2D eigenvalue weighted by molar-refractivity contribution is 8.37. The second-order valence-electron chi connectivity index (χ2n) is 26.3. The Morgan fingerprint density at radius 3 is 0.373 bits per heavy atom.